The van der Waals surface area contributed by atoms with Crippen molar-refractivity contribution in [2.45, 2.75) is 6.92 Å². The molecule has 0 radical (unpaired) electrons. The average Bonchev–Trinajstić information content (AvgIpc) is 2.77. The minimum atomic E-state index is -0.955. The fourth-order valence-electron chi connectivity index (χ4n) is 2.48. The van der Waals surface area contributed by atoms with Crippen LogP contribution in [0.4, 0.5) is 5.69 Å². The van der Waals surface area contributed by atoms with Crippen LogP contribution < -0.4 is 15.5 Å². The SMILES string of the molecule is Cc1ccc(NC(=O)C(=O)N/N=C/c2cccc(OC(=O)c3ccc(Cl)cc3)c2)cc1Cl. The van der Waals surface area contributed by atoms with E-state index in [9.17, 15) is 14.4 Å². The van der Waals surface area contributed by atoms with Gasteiger partial charge in [-0.1, -0.05) is 41.4 Å². The molecule has 0 unspecified atom stereocenters. The van der Waals surface area contributed by atoms with E-state index in [-0.39, 0.29) is 5.75 Å². The Morgan fingerprint density at radius 3 is 2.41 bits per heavy atom. The molecule has 0 heterocycles. The van der Waals surface area contributed by atoms with Gasteiger partial charge in [0.1, 0.15) is 5.75 Å². The molecule has 0 aliphatic carbocycles. The fourth-order valence-corrected chi connectivity index (χ4v) is 2.79. The highest BCUT2D eigenvalue weighted by Gasteiger charge is 2.13. The van der Waals surface area contributed by atoms with E-state index in [2.05, 4.69) is 15.8 Å². The minimum Gasteiger partial charge on any atom is -0.423 e. The number of benzene rings is 3. The molecule has 7 nitrogen and oxygen atoms in total. The lowest BCUT2D eigenvalue weighted by molar-refractivity contribution is -0.136. The van der Waals surface area contributed by atoms with Crippen molar-refractivity contribution in [3.63, 3.8) is 0 Å². The lowest BCUT2D eigenvalue weighted by atomic mass is 10.2. The standard InChI is InChI=1S/C23H17Cl2N3O4/c1-14-5-10-18(12-20(14)25)27-21(29)22(30)28-26-13-15-3-2-4-19(11-15)32-23(31)16-6-8-17(24)9-7-16/h2-13H,1H3,(H,27,29)(H,28,30)/b26-13+. The third-order valence-electron chi connectivity index (χ3n) is 4.16. The summed E-state index contributed by atoms with van der Waals surface area (Å²) >= 11 is 11.8. The summed E-state index contributed by atoms with van der Waals surface area (Å²) < 4.78 is 5.33. The summed E-state index contributed by atoms with van der Waals surface area (Å²) in [5.41, 5.74) is 4.26. The van der Waals surface area contributed by atoms with Crippen LogP contribution in [0.15, 0.2) is 71.8 Å². The Bertz CT molecular complexity index is 1190. The van der Waals surface area contributed by atoms with Gasteiger partial charge < -0.3 is 10.1 Å². The number of ether oxygens (including phenoxy) is 1. The van der Waals surface area contributed by atoms with E-state index >= 15 is 0 Å². The first-order valence-corrected chi connectivity index (χ1v) is 10.1. The van der Waals surface area contributed by atoms with Crippen LogP contribution in [0.25, 0.3) is 0 Å². The van der Waals surface area contributed by atoms with Gasteiger partial charge >= 0.3 is 17.8 Å². The molecule has 0 bridgehead atoms. The maximum absolute atomic E-state index is 12.2. The lowest BCUT2D eigenvalue weighted by Gasteiger charge is -2.06. The molecule has 2 amide bonds. The maximum atomic E-state index is 12.2. The molecule has 162 valence electrons. The van der Waals surface area contributed by atoms with Crippen LogP contribution in [-0.4, -0.2) is 24.0 Å². The topological polar surface area (TPSA) is 96.9 Å². The molecule has 0 aliphatic heterocycles. The average molecular weight is 470 g/mol. The van der Waals surface area contributed by atoms with Crippen LogP contribution in [0.3, 0.4) is 0 Å². The van der Waals surface area contributed by atoms with Gasteiger partial charge in [0.2, 0.25) is 0 Å². The van der Waals surface area contributed by atoms with Gasteiger partial charge in [0.15, 0.2) is 0 Å². The number of hydrogen-bond acceptors (Lipinski definition) is 5. The monoisotopic (exact) mass is 469 g/mol. The first-order valence-electron chi connectivity index (χ1n) is 9.30. The fraction of sp³-hybridized carbons (Fsp3) is 0.0435. The highest BCUT2D eigenvalue weighted by Crippen LogP contribution is 2.20. The van der Waals surface area contributed by atoms with Crippen molar-refractivity contribution in [1.82, 2.24) is 5.43 Å². The summed E-state index contributed by atoms with van der Waals surface area (Å²) in [5.74, 6) is -2.11. The number of amides is 2. The number of nitrogens with one attached hydrogen (secondary N) is 2. The minimum absolute atomic E-state index is 0.286. The molecule has 0 fully saturated rings. The molecule has 3 rings (SSSR count). The van der Waals surface area contributed by atoms with Crippen LogP contribution in [0.1, 0.15) is 21.5 Å². The first-order chi connectivity index (χ1) is 15.3. The van der Waals surface area contributed by atoms with Gasteiger partial charge in [-0.25, -0.2) is 10.2 Å². The number of anilines is 1. The number of rotatable bonds is 5. The smallest absolute Gasteiger partial charge is 0.343 e. The molecule has 0 saturated carbocycles. The molecule has 2 N–H and O–H groups in total. The maximum Gasteiger partial charge on any atom is 0.343 e. The van der Waals surface area contributed by atoms with Gasteiger partial charge in [-0.2, -0.15) is 5.10 Å². The molecule has 9 heteroatoms. The highest BCUT2D eigenvalue weighted by molar-refractivity contribution is 6.39. The van der Waals surface area contributed by atoms with Gasteiger partial charge in [-0.3, -0.25) is 9.59 Å². The van der Waals surface area contributed by atoms with Crippen molar-refractivity contribution in [3.05, 3.63) is 93.5 Å². The molecule has 0 aromatic heterocycles. The summed E-state index contributed by atoms with van der Waals surface area (Å²) in [6.07, 6.45) is 1.31. The summed E-state index contributed by atoms with van der Waals surface area (Å²) in [7, 11) is 0. The van der Waals surface area contributed by atoms with Gasteiger partial charge in [0.05, 0.1) is 11.8 Å². The van der Waals surface area contributed by atoms with Crippen LogP contribution >= 0.6 is 23.2 Å². The third-order valence-corrected chi connectivity index (χ3v) is 4.82. The third kappa shape index (κ3) is 6.41. The number of carbonyl (C=O) groups excluding carboxylic acids is 3. The largest absolute Gasteiger partial charge is 0.423 e. The van der Waals surface area contributed by atoms with Crippen molar-refractivity contribution in [2.24, 2.45) is 5.10 Å². The number of hydrogen-bond donors (Lipinski definition) is 2. The second-order valence-corrected chi connectivity index (χ2v) is 7.43. The Kier molecular flexibility index (Phi) is 7.59. The summed E-state index contributed by atoms with van der Waals surface area (Å²) in [6.45, 7) is 1.82. The van der Waals surface area contributed by atoms with Crippen molar-refractivity contribution in [2.75, 3.05) is 5.32 Å². The first kappa shape index (κ1) is 23.0. The van der Waals surface area contributed by atoms with E-state index in [1.54, 1.807) is 66.7 Å². The number of hydrazone groups is 1. The Morgan fingerprint density at radius 1 is 0.938 bits per heavy atom. The zero-order valence-corrected chi connectivity index (χ0v) is 18.3. The van der Waals surface area contributed by atoms with Gasteiger partial charge in [-0.15, -0.1) is 0 Å². The van der Waals surface area contributed by atoms with E-state index in [0.29, 0.717) is 26.9 Å². The molecule has 32 heavy (non-hydrogen) atoms. The molecule has 3 aromatic rings. The molecule has 3 aromatic carbocycles. The van der Waals surface area contributed by atoms with E-state index in [1.165, 1.54) is 6.21 Å². The molecule has 0 saturated heterocycles. The molecular formula is C23H17Cl2N3O4. The Morgan fingerprint density at radius 2 is 1.69 bits per heavy atom. The van der Waals surface area contributed by atoms with E-state index in [4.69, 9.17) is 27.9 Å². The summed E-state index contributed by atoms with van der Waals surface area (Å²) in [5, 5.41) is 7.17. The number of halogens is 2. The Hall–Kier alpha value is -3.68. The summed E-state index contributed by atoms with van der Waals surface area (Å²) in [6, 6.07) is 17.7. The Balaban J connectivity index is 1.56. The van der Waals surface area contributed by atoms with Crippen LogP contribution in [-0.2, 0) is 9.59 Å². The number of aryl methyl sites for hydroxylation is 1. The summed E-state index contributed by atoms with van der Waals surface area (Å²) in [4.78, 5) is 36.1. The second kappa shape index (κ2) is 10.6. The molecule has 0 spiro atoms. The molecule has 0 aliphatic rings. The second-order valence-electron chi connectivity index (χ2n) is 6.59. The van der Waals surface area contributed by atoms with E-state index < -0.39 is 17.8 Å². The zero-order chi connectivity index (χ0) is 23.1. The van der Waals surface area contributed by atoms with Crippen LogP contribution in [0.2, 0.25) is 10.0 Å². The normalized spacial score (nSPS) is 10.6. The predicted molar refractivity (Wildman–Crippen MR) is 123 cm³/mol. The predicted octanol–water partition coefficient (Wildman–Crippen LogP) is 4.61. The lowest BCUT2D eigenvalue weighted by Crippen LogP contribution is -2.32. The van der Waals surface area contributed by atoms with Gasteiger partial charge in [-0.05, 0) is 66.6 Å². The highest BCUT2D eigenvalue weighted by atomic mass is 35.5. The molecule has 0 atom stereocenters. The van der Waals surface area contributed by atoms with Crippen molar-refractivity contribution in [1.29, 1.82) is 0 Å². The van der Waals surface area contributed by atoms with Gasteiger partial charge in [0.25, 0.3) is 0 Å². The van der Waals surface area contributed by atoms with E-state index in [0.717, 1.165) is 5.56 Å². The number of carbonyl (C=O) groups is 3. The number of esters is 1. The quantitative estimate of drug-likeness (QED) is 0.187. The van der Waals surface area contributed by atoms with Crippen molar-refractivity contribution >= 4 is 52.9 Å². The van der Waals surface area contributed by atoms with E-state index in [1.807, 2.05) is 6.92 Å². The molecular weight excluding hydrogens is 453 g/mol. The van der Waals surface area contributed by atoms with Crippen LogP contribution in [0.5, 0.6) is 5.75 Å². The van der Waals surface area contributed by atoms with Gasteiger partial charge in [0, 0.05) is 15.7 Å². The Labute approximate surface area is 194 Å². The zero-order valence-electron chi connectivity index (χ0n) is 16.8. The van der Waals surface area contributed by atoms with Crippen molar-refractivity contribution < 1.29 is 19.1 Å². The van der Waals surface area contributed by atoms with Crippen molar-refractivity contribution in [3.8, 4) is 5.75 Å². The number of nitrogens with zero attached hydrogens (tertiary/aromatic N) is 1. The van der Waals surface area contributed by atoms with Crippen LogP contribution in [0, 0.1) is 6.92 Å².